The van der Waals surface area contributed by atoms with E-state index in [1.807, 2.05) is 0 Å². The summed E-state index contributed by atoms with van der Waals surface area (Å²) in [5, 5.41) is 0. The Balaban J connectivity index is 1.91. The van der Waals surface area contributed by atoms with Gasteiger partial charge in [0, 0.05) is 26.1 Å². The van der Waals surface area contributed by atoms with E-state index in [4.69, 9.17) is 4.74 Å². The Kier molecular flexibility index (Phi) is 2.03. The van der Waals surface area contributed by atoms with Gasteiger partial charge >= 0.3 is 0 Å². The van der Waals surface area contributed by atoms with Crippen LogP contribution in [-0.4, -0.2) is 24.3 Å². The molecule has 0 saturated carbocycles. The van der Waals surface area contributed by atoms with Gasteiger partial charge in [-0.15, -0.1) is 0 Å². The molecule has 14 heavy (non-hydrogen) atoms. The molecule has 0 amide bonds. The van der Waals surface area contributed by atoms with Crippen LogP contribution in [0.1, 0.15) is 17.5 Å². The maximum atomic E-state index is 5.76. The zero-order valence-electron chi connectivity index (χ0n) is 8.28. The van der Waals surface area contributed by atoms with Gasteiger partial charge in [-0.2, -0.15) is 0 Å². The molecule has 1 atom stereocenters. The fraction of sp³-hybridized carbons (Fsp3) is 0.500. The smallest absolute Gasteiger partial charge is 0.114 e. The van der Waals surface area contributed by atoms with E-state index in [0.29, 0.717) is 6.23 Å². The SMILES string of the molecule is c1ccc2c(c1)CC1OCCCN1C2. The molecule has 0 aromatic heterocycles. The largest absolute Gasteiger partial charge is 0.363 e. The minimum Gasteiger partial charge on any atom is -0.363 e. The van der Waals surface area contributed by atoms with E-state index in [-0.39, 0.29) is 0 Å². The maximum absolute atomic E-state index is 5.76. The molecule has 0 bridgehead atoms. The van der Waals surface area contributed by atoms with Crippen molar-refractivity contribution in [3.05, 3.63) is 35.4 Å². The summed E-state index contributed by atoms with van der Waals surface area (Å²) in [6.45, 7) is 3.20. The Morgan fingerprint density at radius 1 is 1.21 bits per heavy atom. The molecule has 1 aromatic carbocycles. The second-order valence-corrected chi connectivity index (χ2v) is 4.12. The van der Waals surface area contributed by atoms with Crippen molar-refractivity contribution in [3.63, 3.8) is 0 Å². The van der Waals surface area contributed by atoms with Gasteiger partial charge < -0.3 is 4.74 Å². The average Bonchev–Trinajstić information content (AvgIpc) is 2.26. The van der Waals surface area contributed by atoms with Crippen LogP contribution in [0.15, 0.2) is 24.3 Å². The van der Waals surface area contributed by atoms with Gasteiger partial charge in [0.1, 0.15) is 6.23 Å². The first-order valence-electron chi connectivity index (χ1n) is 5.36. The molecule has 74 valence electrons. The Morgan fingerprint density at radius 3 is 3.00 bits per heavy atom. The topological polar surface area (TPSA) is 12.5 Å². The molecular formula is C12H15NO. The summed E-state index contributed by atoms with van der Waals surface area (Å²) in [4.78, 5) is 2.45. The number of nitrogens with zero attached hydrogens (tertiary/aromatic N) is 1. The summed E-state index contributed by atoms with van der Waals surface area (Å²) in [5.41, 5.74) is 2.95. The third-order valence-electron chi connectivity index (χ3n) is 3.19. The number of ether oxygens (including phenoxy) is 1. The Labute approximate surface area is 84.5 Å². The molecule has 1 unspecified atom stereocenters. The second-order valence-electron chi connectivity index (χ2n) is 4.12. The normalized spacial score (nSPS) is 26.7. The van der Waals surface area contributed by atoms with Gasteiger partial charge in [0.05, 0.1) is 0 Å². The highest BCUT2D eigenvalue weighted by atomic mass is 16.5. The van der Waals surface area contributed by atoms with Gasteiger partial charge in [-0.3, -0.25) is 4.90 Å². The zero-order valence-corrected chi connectivity index (χ0v) is 8.28. The van der Waals surface area contributed by atoms with Crippen LogP contribution in [0.25, 0.3) is 0 Å². The quantitative estimate of drug-likeness (QED) is 0.617. The van der Waals surface area contributed by atoms with E-state index >= 15 is 0 Å². The lowest BCUT2D eigenvalue weighted by Crippen LogP contribution is -2.46. The molecule has 2 heterocycles. The highest BCUT2D eigenvalue weighted by Crippen LogP contribution is 2.25. The number of hydrogen-bond acceptors (Lipinski definition) is 2. The van der Waals surface area contributed by atoms with E-state index < -0.39 is 0 Å². The number of fused-ring (bicyclic) bond motifs is 2. The molecule has 2 heteroatoms. The van der Waals surface area contributed by atoms with E-state index in [9.17, 15) is 0 Å². The molecule has 2 aliphatic heterocycles. The third kappa shape index (κ3) is 1.35. The average molecular weight is 189 g/mol. The zero-order chi connectivity index (χ0) is 9.38. The molecule has 0 N–H and O–H groups in total. The lowest BCUT2D eigenvalue weighted by atomic mass is 9.98. The van der Waals surface area contributed by atoms with Gasteiger partial charge in [0.25, 0.3) is 0 Å². The van der Waals surface area contributed by atoms with Crippen molar-refractivity contribution in [2.24, 2.45) is 0 Å². The predicted molar refractivity (Wildman–Crippen MR) is 54.9 cm³/mol. The number of hydrogen-bond donors (Lipinski definition) is 0. The molecule has 0 spiro atoms. The van der Waals surface area contributed by atoms with Crippen molar-refractivity contribution in [2.75, 3.05) is 13.2 Å². The first kappa shape index (κ1) is 8.45. The van der Waals surface area contributed by atoms with Crippen LogP contribution in [0.5, 0.6) is 0 Å². The van der Waals surface area contributed by atoms with Crippen LogP contribution in [0, 0.1) is 0 Å². The van der Waals surface area contributed by atoms with Gasteiger partial charge in [-0.25, -0.2) is 0 Å². The second kappa shape index (κ2) is 3.37. The van der Waals surface area contributed by atoms with Gasteiger partial charge in [-0.05, 0) is 17.5 Å². The van der Waals surface area contributed by atoms with E-state index in [2.05, 4.69) is 29.2 Å². The lowest BCUT2D eigenvalue weighted by molar-refractivity contribution is -0.104. The van der Waals surface area contributed by atoms with E-state index in [1.54, 1.807) is 0 Å². The monoisotopic (exact) mass is 189 g/mol. The van der Waals surface area contributed by atoms with E-state index in [0.717, 1.165) is 19.6 Å². The van der Waals surface area contributed by atoms with Crippen molar-refractivity contribution >= 4 is 0 Å². The Morgan fingerprint density at radius 2 is 2.07 bits per heavy atom. The highest BCUT2D eigenvalue weighted by Gasteiger charge is 2.28. The van der Waals surface area contributed by atoms with Gasteiger partial charge in [-0.1, -0.05) is 24.3 Å². The minimum absolute atomic E-state index is 0.346. The molecule has 1 saturated heterocycles. The lowest BCUT2D eigenvalue weighted by Gasteiger charge is -2.39. The standard InChI is InChI=1S/C12H15NO/c1-2-5-11-9-13-6-3-7-14-12(13)8-10(11)4-1/h1-2,4-5,12H,3,6-9H2. The molecule has 1 aromatic rings. The van der Waals surface area contributed by atoms with Crippen LogP contribution < -0.4 is 0 Å². The summed E-state index contributed by atoms with van der Waals surface area (Å²) in [7, 11) is 0. The van der Waals surface area contributed by atoms with Crippen molar-refractivity contribution in [1.82, 2.24) is 4.90 Å². The highest BCUT2D eigenvalue weighted by molar-refractivity contribution is 5.29. The predicted octanol–water partition coefficient (Wildman–Crippen LogP) is 1.79. The fourth-order valence-electron chi connectivity index (χ4n) is 2.42. The molecule has 0 aliphatic carbocycles. The molecule has 3 rings (SSSR count). The van der Waals surface area contributed by atoms with Crippen LogP contribution >= 0.6 is 0 Å². The fourth-order valence-corrected chi connectivity index (χ4v) is 2.42. The summed E-state index contributed by atoms with van der Waals surface area (Å²) >= 11 is 0. The first-order valence-corrected chi connectivity index (χ1v) is 5.36. The molecule has 2 aliphatic rings. The summed E-state index contributed by atoms with van der Waals surface area (Å²) < 4.78 is 5.76. The first-order chi connectivity index (χ1) is 6.93. The molecule has 1 fully saturated rings. The number of rotatable bonds is 0. The Bertz CT molecular complexity index is 304. The summed E-state index contributed by atoms with van der Waals surface area (Å²) in [6, 6.07) is 8.71. The maximum Gasteiger partial charge on any atom is 0.114 e. The van der Waals surface area contributed by atoms with E-state index in [1.165, 1.54) is 24.1 Å². The van der Waals surface area contributed by atoms with Crippen molar-refractivity contribution in [3.8, 4) is 0 Å². The molecule has 2 nitrogen and oxygen atoms in total. The van der Waals surface area contributed by atoms with Crippen LogP contribution in [0.4, 0.5) is 0 Å². The van der Waals surface area contributed by atoms with Crippen molar-refractivity contribution < 1.29 is 4.74 Å². The Hall–Kier alpha value is -0.860. The summed E-state index contributed by atoms with van der Waals surface area (Å²) in [5.74, 6) is 0. The third-order valence-corrected chi connectivity index (χ3v) is 3.19. The van der Waals surface area contributed by atoms with Gasteiger partial charge in [0.2, 0.25) is 0 Å². The van der Waals surface area contributed by atoms with Crippen molar-refractivity contribution in [1.29, 1.82) is 0 Å². The summed E-state index contributed by atoms with van der Waals surface area (Å²) in [6.07, 6.45) is 2.59. The molecule has 0 radical (unpaired) electrons. The van der Waals surface area contributed by atoms with Crippen LogP contribution in [0.2, 0.25) is 0 Å². The number of benzene rings is 1. The van der Waals surface area contributed by atoms with Crippen LogP contribution in [0.3, 0.4) is 0 Å². The van der Waals surface area contributed by atoms with Gasteiger partial charge in [0.15, 0.2) is 0 Å². The minimum atomic E-state index is 0.346. The van der Waals surface area contributed by atoms with Crippen LogP contribution in [-0.2, 0) is 17.7 Å². The van der Waals surface area contributed by atoms with Crippen molar-refractivity contribution in [2.45, 2.75) is 25.6 Å². The molecular weight excluding hydrogens is 174 g/mol.